The van der Waals surface area contributed by atoms with Gasteiger partial charge in [0.25, 0.3) is 0 Å². The number of unbranched alkanes of at least 4 members (excludes halogenated alkanes) is 12. The summed E-state index contributed by atoms with van der Waals surface area (Å²) >= 11 is 0. The van der Waals surface area contributed by atoms with Crippen molar-refractivity contribution in [1.29, 1.82) is 0 Å². The van der Waals surface area contributed by atoms with Gasteiger partial charge in [0.1, 0.15) is 12.2 Å². The van der Waals surface area contributed by atoms with Gasteiger partial charge in [-0.25, -0.2) is 0 Å². The van der Waals surface area contributed by atoms with Gasteiger partial charge in [0.15, 0.2) is 12.2 Å². The van der Waals surface area contributed by atoms with Crippen LogP contribution in [0.25, 0.3) is 0 Å². The van der Waals surface area contributed by atoms with Crippen LogP contribution in [0, 0.1) is 0 Å². The zero-order chi connectivity index (χ0) is 22.1. The largest absolute Gasteiger partial charge is 0.387 e. The lowest BCUT2D eigenvalue weighted by Crippen LogP contribution is -2.53. The number of rotatable bonds is 20. The van der Waals surface area contributed by atoms with E-state index in [1.165, 1.54) is 57.8 Å². The van der Waals surface area contributed by atoms with E-state index in [4.69, 9.17) is 16.2 Å². The van der Waals surface area contributed by atoms with Crippen molar-refractivity contribution in [1.82, 2.24) is 0 Å². The first-order chi connectivity index (χ1) is 13.8. The molecule has 0 saturated heterocycles. The highest BCUT2D eigenvalue weighted by Gasteiger charge is 2.37. The summed E-state index contributed by atoms with van der Waals surface area (Å²) in [6, 6.07) is 0. The van der Waals surface area contributed by atoms with Crippen LogP contribution in [0.3, 0.4) is 0 Å². The minimum Gasteiger partial charge on any atom is -0.387 e. The molecular formula is C21H42N2O6. The Morgan fingerprint density at radius 3 is 1.48 bits per heavy atom. The Balaban J connectivity index is 3.77. The lowest BCUT2D eigenvalue weighted by molar-refractivity contribution is -0.158. The van der Waals surface area contributed by atoms with Crippen molar-refractivity contribution in [3.8, 4) is 0 Å². The molecule has 0 spiro atoms. The number of aliphatic hydroxyl groups is 3. The van der Waals surface area contributed by atoms with E-state index in [1.54, 1.807) is 0 Å². The maximum absolute atomic E-state index is 11.4. The van der Waals surface area contributed by atoms with Crippen LogP contribution < -0.4 is 11.5 Å². The Kier molecular flexibility index (Phi) is 16.9. The van der Waals surface area contributed by atoms with Gasteiger partial charge in [-0.05, 0) is 6.42 Å². The Morgan fingerprint density at radius 2 is 1.10 bits per heavy atom. The summed E-state index contributed by atoms with van der Waals surface area (Å²) in [5.74, 6) is -2.20. The van der Waals surface area contributed by atoms with E-state index in [2.05, 4.69) is 6.92 Å². The number of nitrogens with two attached hydrogens (primary N) is 2. The zero-order valence-electron chi connectivity index (χ0n) is 17.9. The van der Waals surface area contributed by atoms with Gasteiger partial charge in [-0.1, -0.05) is 84.0 Å². The van der Waals surface area contributed by atoms with Crippen LogP contribution in [0.4, 0.5) is 0 Å². The highest BCUT2D eigenvalue weighted by atomic mass is 16.5. The summed E-state index contributed by atoms with van der Waals surface area (Å²) in [4.78, 5) is 22.3. The number of aliphatic hydroxyl groups excluding tert-OH is 3. The Morgan fingerprint density at radius 1 is 0.690 bits per heavy atom. The fourth-order valence-corrected chi connectivity index (χ4v) is 3.21. The molecule has 2 amide bonds. The maximum Gasteiger partial charge on any atom is 0.249 e. The summed E-state index contributed by atoms with van der Waals surface area (Å²) < 4.78 is 5.27. The van der Waals surface area contributed by atoms with E-state index in [0.29, 0.717) is 6.42 Å². The molecule has 0 bridgehead atoms. The van der Waals surface area contributed by atoms with Crippen molar-refractivity contribution < 1.29 is 29.6 Å². The molecule has 0 aliphatic heterocycles. The second-order valence-corrected chi connectivity index (χ2v) is 7.76. The molecule has 29 heavy (non-hydrogen) atoms. The molecule has 0 aromatic rings. The normalized spacial score (nSPS) is 15.6. The molecular weight excluding hydrogens is 376 g/mol. The number of carbonyl (C=O) groups is 2. The number of primary amides is 2. The molecule has 0 aromatic carbocycles. The van der Waals surface area contributed by atoms with E-state index < -0.39 is 36.2 Å². The molecule has 172 valence electrons. The highest BCUT2D eigenvalue weighted by molar-refractivity contribution is 5.81. The van der Waals surface area contributed by atoms with Gasteiger partial charge < -0.3 is 31.5 Å². The lowest BCUT2D eigenvalue weighted by Gasteiger charge is -2.26. The first kappa shape index (κ1) is 27.8. The van der Waals surface area contributed by atoms with Gasteiger partial charge >= 0.3 is 0 Å². The van der Waals surface area contributed by atoms with Gasteiger partial charge in [-0.2, -0.15) is 0 Å². The van der Waals surface area contributed by atoms with E-state index in [9.17, 15) is 24.9 Å². The summed E-state index contributed by atoms with van der Waals surface area (Å²) in [7, 11) is 0. The maximum atomic E-state index is 11.4. The molecule has 7 N–H and O–H groups in total. The number of carbonyl (C=O) groups excluding carboxylic acids is 2. The topological polar surface area (TPSA) is 156 Å². The molecule has 0 saturated carbocycles. The van der Waals surface area contributed by atoms with Crippen molar-refractivity contribution in [2.45, 2.75) is 115 Å². The average molecular weight is 419 g/mol. The monoisotopic (exact) mass is 418 g/mol. The highest BCUT2D eigenvalue weighted by Crippen LogP contribution is 2.13. The van der Waals surface area contributed by atoms with E-state index in [0.717, 1.165) is 19.3 Å². The van der Waals surface area contributed by atoms with Crippen molar-refractivity contribution in [2.24, 2.45) is 11.5 Å². The smallest absolute Gasteiger partial charge is 0.249 e. The summed E-state index contributed by atoms with van der Waals surface area (Å²) in [6.07, 6.45) is 8.30. The van der Waals surface area contributed by atoms with Gasteiger partial charge in [-0.15, -0.1) is 0 Å². The van der Waals surface area contributed by atoms with Crippen molar-refractivity contribution >= 4 is 11.8 Å². The van der Waals surface area contributed by atoms with Gasteiger partial charge in [0, 0.05) is 6.61 Å². The molecule has 0 aliphatic rings. The van der Waals surface area contributed by atoms with Gasteiger partial charge in [0.05, 0.1) is 0 Å². The molecule has 4 atom stereocenters. The lowest BCUT2D eigenvalue weighted by atomic mass is 10.0. The van der Waals surface area contributed by atoms with Crippen LogP contribution in [0.5, 0.6) is 0 Å². The van der Waals surface area contributed by atoms with Gasteiger partial charge in [-0.3, -0.25) is 9.59 Å². The molecule has 0 rings (SSSR count). The minimum atomic E-state index is -2.01. The summed E-state index contributed by atoms with van der Waals surface area (Å²) in [6.45, 7) is 2.41. The fourth-order valence-electron chi connectivity index (χ4n) is 3.21. The van der Waals surface area contributed by atoms with E-state index in [1.807, 2.05) is 0 Å². The summed E-state index contributed by atoms with van der Waals surface area (Å²) in [5, 5.41) is 29.0. The summed E-state index contributed by atoms with van der Waals surface area (Å²) in [5.41, 5.74) is 10.0. The number of hydrogen-bond acceptors (Lipinski definition) is 6. The Hall–Kier alpha value is -1.22. The minimum absolute atomic E-state index is 0.182. The third-order valence-corrected chi connectivity index (χ3v) is 5.10. The van der Waals surface area contributed by atoms with Crippen molar-refractivity contribution in [2.75, 3.05) is 6.61 Å². The molecule has 0 fully saturated rings. The third kappa shape index (κ3) is 13.6. The third-order valence-electron chi connectivity index (χ3n) is 5.10. The number of hydrogen-bond donors (Lipinski definition) is 5. The van der Waals surface area contributed by atoms with Crippen LogP contribution in [-0.4, -0.2) is 58.2 Å². The molecule has 0 aromatic heterocycles. The fraction of sp³-hybridized carbons (Fsp3) is 0.905. The van der Waals surface area contributed by atoms with Crippen LogP contribution >= 0.6 is 0 Å². The van der Waals surface area contributed by atoms with E-state index in [-0.39, 0.29) is 6.61 Å². The Labute approximate surface area is 175 Å². The van der Waals surface area contributed by atoms with Crippen LogP contribution in [0.1, 0.15) is 90.4 Å². The first-order valence-electron chi connectivity index (χ1n) is 11.1. The standard InChI is InChI=1S/C21H42N2O6/c1-2-3-4-5-6-7-8-9-10-11-12-13-14-15-29-19(21(23)28)17(25)16(24)18(26)20(22)27/h16-19,24-26H,2-15H2,1H3,(H2,22,27)(H2,23,28)/t16-,17-,18-,19+/m0/s1. The quantitative estimate of drug-likeness (QED) is 0.189. The predicted molar refractivity (Wildman–Crippen MR) is 112 cm³/mol. The number of ether oxygens (including phenoxy) is 1. The molecule has 0 aliphatic carbocycles. The first-order valence-corrected chi connectivity index (χ1v) is 11.1. The molecule has 0 unspecified atom stereocenters. The van der Waals surface area contributed by atoms with Crippen LogP contribution in [0.15, 0.2) is 0 Å². The second-order valence-electron chi connectivity index (χ2n) is 7.76. The SMILES string of the molecule is CCCCCCCCCCCCCCCO[C@@H](C(N)=O)[C@@H](O)[C@H](O)[C@H](O)C(N)=O. The average Bonchev–Trinajstić information content (AvgIpc) is 2.69. The van der Waals surface area contributed by atoms with Gasteiger partial charge in [0.2, 0.25) is 11.8 Å². The number of amides is 2. The van der Waals surface area contributed by atoms with Crippen molar-refractivity contribution in [3.05, 3.63) is 0 Å². The zero-order valence-corrected chi connectivity index (χ0v) is 17.9. The second kappa shape index (κ2) is 17.6. The molecule has 0 heterocycles. The van der Waals surface area contributed by atoms with Crippen LogP contribution in [-0.2, 0) is 14.3 Å². The molecule has 0 radical (unpaired) electrons. The molecule has 8 heteroatoms. The van der Waals surface area contributed by atoms with Crippen LogP contribution in [0.2, 0.25) is 0 Å². The van der Waals surface area contributed by atoms with E-state index >= 15 is 0 Å². The van der Waals surface area contributed by atoms with Crippen molar-refractivity contribution in [3.63, 3.8) is 0 Å². The Bertz CT molecular complexity index is 435. The predicted octanol–water partition coefficient (Wildman–Crippen LogP) is 1.52. The molecule has 8 nitrogen and oxygen atoms in total.